The van der Waals surface area contributed by atoms with Crippen molar-refractivity contribution in [1.82, 2.24) is 5.32 Å². The second-order valence-corrected chi connectivity index (χ2v) is 4.83. The molecule has 100 valence electrons. The van der Waals surface area contributed by atoms with Gasteiger partial charge in [0.05, 0.1) is 25.2 Å². The molecule has 0 radical (unpaired) electrons. The first-order chi connectivity index (χ1) is 8.65. The summed E-state index contributed by atoms with van der Waals surface area (Å²) in [7, 11) is 0. The van der Waals surface area contributed by atoms with Gasteiger partial charge in [-0.3, -0.25) is 0 Å². The van der Waals surface area contributed by atoms with Crippen LogP contribution in [0.1, 0.15) is 5.56 Å². The summed E-state index contributed by atoms with van der Waals surface area (Å²) in [6.45, 7) is 2.58. The Morgan fingerprint density at radius 1 is 1.28 bits per heavy atom. The lowest BCUT2D eigenvalue weighted by molar-refractivity contribution is -0.134. The molecule has 0 unspecified atom stereocenters. The maximum absolute atomic E-state index is 13.0. The molecule has 0 amide bonds. The summed E-state index contributed by atoms with van der Waals surface area (Å²) < 4.78 is 30.7. The largest absolute Gasteiger partial charge is 0.396 e. The number of hydrogen-bond acceptors (Lipinski definition) is 3. The van der Waals surface area contributed by atoms with Gasteiger partial charge in [0.1, 0.15) is 0 Å². The van der Waals surface area contributed by atoms with Gasteiger partial charge < -0.3 is 15.2 Å². The Morgan fingerprint density at radius 3 is 2.61 bits per heavy atom. The zero-order chi connectivity index (χ0) is 13.0. The maximum Gasteiger partial charge on any atom is 0.159 e. The number of aliphatic hydroxyl groups excluding tert-OH is 1. The molecule has 0 aromatic heterocycles. The van der Waals surface area contributed by atoms with Gasteiger partial charge in [-0.05, 0) is 30.7 Å². The molecule has 2 rings (SSSR count). The molecule has 1 heterocycles. The minimum Gasteiger partial charge on any atom is -0.396 e. The van der Waals surface area contributed by atoms with Crippen molar-refractivity contribution < 1.29 is 18.6 Å². The van der Waals surface area contributed by atoms with Crippen LogP contribution in [0.4, 0.5) is 8.78 Å². The van der Waals surface area contributed by atoms with Crippen LogP contribution in [0.5, 0.6) is 0 Å². The summed E-state index contributed by atoms with van der Waals surface area (Å²) in [5.41, 5.74) is 0.595. The van der Waals surface area contributed by atoms with E-state index in [2.05, 4.69) is 5.32 Å². The van der Waals surface area contributed by atoms with Gasteiger partial charge in [-0.25, -0.2) is 8.78 Å². The Bertz CT molecular complexity index is 402. The number of aliphatic hydroxyl groups is 1. The Hall–Kier alpha value is -1.04. The topological polar surface area (TPSA) is 41.5 Å². The molecule has 0 bridgehead atoms. The zero-order valence-electron chi connectivity index (χ0n) is 10.1. The summed E-state index contributed by atoms with van der Waals surface area (Å²) in [5.74, 6) is -1.63. The summed E-state index contributed by atoms with van der Waals surface area (Å²) in [5, 5.41) is 12.4. The lowest BCUT2D eigenvalue weighted by Crippen LogP contribution is -2.52. The van der Waals surface area contributed by atoms with Crippen LogP contribution in [0.2, 0.25) is 0 Å². The van der Waals surface area contributed by atoms with Crippen molar-refractivity contribution in [2.45, 2.75) is 6.42 Å². The summed E-state index contributed by atoms with van der Waals surface area (Å²) in [4.78, 5) is 0. The smallest absolute Gasteiger partial charge is 0.159 e. The van der Waals surface area contributed by atoms with Gasteiger partial charge in [0.25, 0.3) is 0 Å². The highest BCUT2D eigenvalue weighted by Crippen LogP contribution is 2.25. The lowest BCUT2D eigenvalue weighted by Gasteiger charge is -2.40. The van der Waals surface area contributed by atoms with Gasteiger partial charge in [-0.1, -0.05) is 6.07 Å². The highest BCUT2D eigenvalue weighted by molar-refractivity contribution is 5.18. The second kappa shape index (κ2) is 5.73. The van der Waals surface area contributed by atoms with Crippen molar-refractivity contribution in [2.75, 3.05) is 32.9 Å². The van der Waals surface area contributed by atoms with Crippen molar-refractivity contribution in [3.05, 3.63) is 35.4 Å². The number of hydrogen-bond donors (Lipinski definition) is 2. The van der Waals surface area contributed by atoms with Crippen molar-refractivity contribution in [2.24, 2.45) is 5.41 Å². The van der Waals surface area contributed by atoms with E-state index in [1.54, 1.807) is 6.07 Å². The molecule has 5 heteroatoms. The fraction of sp³-hybridized carbons (Fsp3) is 0.538. The van der Waals surface area contributed by atoms with Gasteiger partial charge >= 0.3 is 0 Å². The first-order valence-electron chi connectivity index (χ1n) is 5.98. The van der Waals surface area contributed by atoms with E-state index in [0.29, 0.717) is 32.7 Å². The van der Waals surface area contributed by atoms with Gasteiger partial charge in [0.2, 0.25) is 0 Å². The minimum atomic E-state index is -0.822. The molecule has 2 N–H and O–H groups in total. The number of ether oxygens (including phenoxy) is 1. The van der Waals surface area contributed by atoms with Crippen molar-refractivity contribution in [1.29, 1.82) is 0 Å². The third kappa shape index (κ3) is 3.04. The fourth-order valence-electron chi connectivity index (χ4n) is 1.92. The molecule has 0 aliphatic carbocycles. The molecule has 1 fully saturated rings. The monoisotopic (exact) mass is 257 g/mol. The maximum atomic E-state index is 13.0. The predicted octanol–water partition coefficient (Wildman–Crippen LogP) is 1.11. The highest BCUT2D eigenvalue weighted by atomic mass is 19.2. The number of benzene rings is 1. The molecular formula is C13H17F2NO2. The minimum absolute atomic E-state index is 0.102. The fourth-order valence-corrected chi connectivity index (χ4v) is 1.92. The molecule has 1 saturated heterocycles. The molecule has 18 heavy (non-hydrogen) atoms. The molecule has 0 spiro atoms. The Kier molecular flexibility index (Phi) is 4.27. The van der Waals surface area contributed by atoms with E-state index >= 15 is 0 Å². The van der Waals surface area contributed by atoms with Crippen LogP contribution in [-0.4, -0.2) is 38.0 Å². The Morgan fingerprint density at radius 2 is 2.06 bits per heavy atom. The Balaban J connectivity index is 1.73. The summed E-state index contributed by atoms with van der Waals surface area (Å²) in [6, 6.07) is 3.93. The van der Waals surface area contributed by atoms with E-state index in [4.69, 9.17) is 4.74 Å². The molecule has 1 aliphatic heterocycles. The molecule has 1 aromatic rings. The van der Waals surface area contributed by atoms with Crippen LogP contribution in [-0.2, 0) is 11.2 Å². The highest BCUT2D eigenvalue weighted by Gasteiger charge is 2.37. The molecule has 0 atom stereocenters. The van der Waals surface area contributed by atoms with Gasteiger partial charge in [0.15, 0.2) is 11.6 Å². The molecular weight excluding hydrogens is 240 g/mol. The van der Waals surface area contributed by atoms with E-state index in [1.165, 1.54) is 6.07 Å². The zero-order valence-corrected chi connectivity index (χ0v) is 10.1. The van der Waals surface area contributed by atoms with Crippen molar-refractivity contribution in [3.8, 4) is 0 Å². The first kappa shape index (κ1) is 13.4. The number of rotatable bonds is 6. The molecule has 3 nitrogen and oxygen atoms in total. The van der Waals surface area contributed by atoms with Gasteiger partial charge in [-0.15, -0.1) is 0 Å². The molecule has 1 aliphatic rings. The third-order valence-electron chi connectivity index (χ3n) is 3.23. The van der Waals surface area contributed by atoms with Crippen LogP contribution in [0, 0.1) is 17.0 Å². The normalized spacial score (nSPS) is 17.5. The van der Waals surface area contributed by atoms with Crippen LogP contribution in [0.15, 0.2) is 18.2 Å². The van der Waals surface area contributed by atoms with Gasteiger partial charge in [-0.2, -0.15) is 0 Å². The quantitative estimate of drug-likeness (QED) is 0.750. The van der Waals surface area contributed by atoms with Crippen molar-refractivity contribution >= 4 is 0 Å². The van der Waals surface area contributed by atoms with E-state index < -0.39 is 11.6 Å². The molecule has 0 saturated carbocycles. The second-order valence-electron chi connectivity index (χ2n) is 4.83. The number of halogens is 2. The van der Waals surface area contributed by atoms with E-state index in [-0.39, 0.29) is 12.0 Å². The predicted molar refractivity (Wildman–Crippen MR) is 63.3 cm³/mol. The van der Waals surface area contributed by atoms with Crippen LogP contribution < -0.4 is 5.32 Å². The Labute approximate surface area is 105 Å². The van der Waals surface area contributed by atoms with Crippen molar-refractivity contribution in [3.63, 3.8) is 0 Å². The van der Waals surface area contributed by atoms with Crippen LogP contribution in [0.25, 0.3) is 0 Å². The number of nitrogens with one attached hydrogen (secondary N) is 1. The SMILES string of the molecule is OCC1(CNCCc2ccc(F)c(F)c2)COC1. The average molecular weight is 257 g/mol. The standard InChI is InChI=1S/C13H17F2NO2/c14-11-2-1-10(5-12(11)15)3-4-16-6-13(7-17)8-18-9-13/h1-2,5,16-17H,3-4,6-9H2. The van der Waals surface area contributed by atoms with Crippen LogP contribution >= 0.6 is 0 Å². The average Bonchev–Trinajstić information content (AvgIpc) is 2.32. The van der Waals surface area contributed by atoms with Crippen LogP contribution in [0.3, 0.4) is 0 Å². The van der Waals surface area contributed by atoms with E-state index in [0.717, 1.165) is 11.6 Å². The third-order valence-corrected chi connectivity index (χ3v) is 3.23. The summed E-state index contributed by atoms with van der Waals surface area (Å²) >= 11 is 0. The van der Waals surface area contributed by atoms with E-state index in [1.807, 2.05) is 0 Å². The summed E-state index contributed by atoms with van der Waals surface area (Å²) in [6.07, 6.45) is 0.625. The molecule has 1 aromatic carbocycles. The van der Waals surface area contributed by atoms with Gasteiger partial charge in [0, 0.05) is 6.54 Å². The van der Waals surface area contributed by atoms with E-state index in [9.17, 15) is 13.9 Å². The lowest BCUT2D eigenvalue weighted by atomic mass is 9.87. The first-order valence-corrected chi connectivity index (χ1v) is 5.98.